The van der Waals surface area contributed by atoms with Crippen LogP contribution in [0.2, 0.25) is 0 Å². The minimum absolute atomic E-state index is 0.0397. The highest BCUT2D eigenvalue weighted by atomic mass is 16.2. The van der Waals surface area contributed by atoms with Crippen LogP contribution in [-0.2, 0) is 4.79 Å². The standard InChI is InChI=1S/C25H26N4O/c1-3-4-6-15-21(27-22-16-9-11-19-12-10-17-26-24(19)22)23-18(2)28-29(25(23)30)20-13-7-5-8-14-20/h5,7-14,16-17,23H,3-4,6,15H2,1-2H3. The Balaban J connectivity index is 1.73. The number of rotatable bonds is 7. The van der Waals surface area contributed by atoms with E-state index in [0.717, 1.165) is 59.4 Å². The molecule has 5 heteroatoms. The summed E-state index contributed by atoms with van der Waals surface area (Å²) in [6.45, 7) is 4.10. The van der Waals surface area contributed by atoms with E-state index in [2.05, 4.69) is 17.0 Å². The number of hydrogen-bond donors (Lipinski definition) is 0. The number of aliphatic imine (C=N–C) groups is 1. The number of hydrazone groups is 1. The zero-order chi connectivity index (χ0) is 20.9. The van der Waals surface area contributed by atoms with E-state index in [1.807, 2.05) is 67.6 Å². The van der Waals surface area contributed by atoms with Gasteiger partial charge >= 0.3 is 0 Å². The van der Waals surface area contributed by atoms with Crippen LogP contribution in [0.25, 0.3) is 10.9 Å². The van der Waals surface area contributed by atoms with Crippen LogP contribution in [0.1, 0.15) is 39.5 Å². The second-order valence-electron chi connectivity index (χ2n) is 7.57. The van der Waals surface area contributed by atoms with Gasteiger partial charge in [0.25, 0.3) is 5.91 Å². The molecule has 2 aromatic carbocycles. The molecule has 1 aromatic heterocycles. The summed E-state index contributed by atoms with van der Waals surface area (Å²) in [5.41, 5.74) is 4.09. The highest BCUT2D eigenvalue weighted by molar-refractivity contribution is 6.28. The van der Waals surface area contributed by atoms with Crippen molar-refractivity contribution in [1.82, 2.24) is 4.98 Å². The minimum Gasteiger partial charge on any atom is -0.271 e. The van der Waals surface area contributed by atoms with E-state index in [9.17, 15) is 4.79 Å². The van der Waals surface area contributed by atoms with Crippen molar-refractivity contribution in [3.8, 4) is 0 Å². The Morgan fingerprint density at radius 3 is 2.63 bits per heavy atom. The molecule has 0 spiro atoms. The van der Waals surface area contributed by atoms with Crippen LogP contribution in [0.3, 0.4) is 0 Å². The fourth-order valence-corrected chi connectivity index (χ4v) is 3.86. The number of para-hydroxylation sites is 2. The maximum Gasteiger partial charge on any atom is 0.261 e. The van der Waals surface area contributed by atoms with Crippen molar-refractivity contribution in [2.75, 3.05) is 5.01 Å². The molecule has 0 bridgehead atoms. The first-order chi connectivity index (χ1) is 14.7. The fourth-order valence-electron chi connectivity index (χ4n) is 3.86. The SMILES string of the molecule is CCCCCC(=Nc1cccc2cccnc12)C1C(=O)N(c2ccccc2)N=C1C. The maximum atomic E-state index is 13.4. The average molecular weight is 399 g/mol. The smallest absolute Gasteiger partial charge is 0.261 e. The Morgan fingerprint density at radius 1 is 1.03 bits per heavy atom. The van der Waals surface area contributed by atoms with Gasteiger partial charge in [-0.1, -0.05) is 56.2 Å². The van der Waals surface area contributed by atoms with Gasteiger partial charge in [-0.15, -0.1) is 0 Å². The third kappa shape index (κ3) is 4.01. The Hall–Kier alpha value is -3.34. The second-order valence-corrected chi connectivity index (χ2v) is 7.57. The number of fused-ring (bicyclic) bond motifs is 1. The van der Waals surface area contributed by atoms with E-state index in [-0.39, 0.29) is 5.91 Å². The number of hydrogen-bond acceptors (Lipinski definition) is 4. The molecule has 2 heterocycles. The monoisotopic (exact) mass is 398 g/mol. The van der Waals surface area contributed by atoms with Gasteiger partial charge in [0.15, 0.2) is 0 Å². The largest absolute Gasteiger partial charge is 0.271 e. The summed E-state index contributed by atoms with van der Waals surface area (Å²) in [7, 11) is 0. The van der Waals surface area contributed by atoms with Crippen molar-refractivity contribution in [2.45, 2.75) is 39.5 Å². The molecule has 30 heavy (non-hydrogen) atoms. The van der Waals surface area contributed by atoms with E-state index in [1.165, 1.54) is 5.01 Å². The maximum absolute atomic E-state index is 13.4. The molecule has 152 valence electrons. The van der Waals surface area contributed by atoms with Gasteiger partial charge in [-0.25, -0.2) is 0 Å². The van der Waals surface area contributed by atoms with E-state index in [0.29, 0.717) is 0 Å². The summed E-state index contributed by atoms with van der Waals surface area (Å²) in [6.07, 6.45) is 5.76. The molecule has 0 radical (unpaired) electrons. The summed E-state index contributed by atoms with van der Waals surface area (Å²) in [5, 5.41) is 7.13. The van der Waals surface area contributed by atoms with E-state index in [4.69, 9.17) is 4.99 Å². The lowest BCUT2D eigenvalue weighted by molar-refractivity contribution is -0.118. The first-order valence-corrected chi connectivity index (χ1v) is 10.5. The van der Waals surface area contributed by atoms with Crippen LogP contribution in [0.15, 0.2) is 77.0 Å². The lowest BCUT2D eigenvalue weighted by Gasteiger charge is -2.16. The minimum atomic E-state index is -0.430. The molecule has 5 nitrogen and oxygen atoms in total. The van der Waals surface area contributed by atoms with Gasteiger partial charge in [0.05, 0.1) is 22.6 Å². The molecule has 0 saturated heterocycles. The molecule has 0 N–H and O–H groups in total. The lowest BCUT2D eigenvalue weighted by Crippen LogP contribution is -2.32. The molecule has 1 unspecified atom stereocenters. The van der Waals surface area contributed by atoms with Gasteiger partial charge < -0.3 is 0 Å². The Morgan fingerprint density at radius 2 is 1.83 bits per heavy atom. The van der Waals surface area contributed by atoms with Gasteiger partial charge in [-0.05, 0) is 44.0 Å². The van der Waals surface area contributed by atoms with Crippen molar-refractivity contribution >= 4 is 39.6 Å². The van der Waals surface area contributed by atoms with Crippen molar-refractivity contribution in [2.24, 2.45) is 16.0 Å². The molecule has 1 amide bonds. The summed E-state index contributed by atoms with van der Waals surface area (Å²) < 4.78 is 0. The van der Waals surface area contributed by atoms with Crippen LogP contribution in [0.5, 0.6) is 0 Å². The molecular formula is C25H26N4O. The first-order valence-electron chi connectivity index (χ1n) is 10.5. The molecule has 3 aromatic rings. The highest BCUT2D eigenvalue weighted by Gasteiger charge is 2.37. The third-order valence-corrected chi connectivity index (χ3v) is 5.38. The average Bonchev–Trinajstić information content (AvgIpc) is 3.08. The number of carbonyl (C=O) groups is 1. The van der Waals surface area contributed by atoms with Gasteiger partial charge in [0.2, 0.25) is 0 Å². The van der Waals surface area contributed by atoms with Crippen LogP contribution < -0.4 is 5.01 Å². The van der Waals surface area contributed by atoms with Gasteiger partial charge in [-0.2, -0.15) is 10.1 Å². The third-order valence-electron chi connectivity index (χ3n) is 5.38. The zero-order valence-electron chi connectivity index (χ0n) is 17.5. The number of aromatic nitrogens is 1. The molecule has 1 aliphatic heterocycles. The van der Waals surface area contributed by atoms with Gasteiger partial charge in [0, 0.05) is 17.3 Å². The second kappa shape index (κ2) is 8.99. The van der Waals surface area contributed by atoms with Crippen LogP contribution in [0.4, 0.5) is 11.4 Å². The molecule has 0 saturated carbocycles. The topological polar surface area (TPSA) is 57.9 Å². The molecule has 1 aliphatic rings. The quantitative estimate of drug-likeness (QED) is 0.366. The Bertz CT molecular complexity index is 1100. The van der Waals surface area contributed by atoms with E-state index in [1.54, 1.807) is 6.20 Å². The number of anilines is 1. The normalized spacial score (nSPS) is 16.9. The first kappa shape index (κ1) is 20.0. The van der Waals surface area contributed by atoms with Crippen molar-refractivity contribution in [3.63, 3.8) is 0 Å². The summed E-state index contributed by atoms with van der Waals surface area (Å²) in [5.74, 6) is -0.469. The Kier molecular flexibility index (Phi) is 5.98. The van der Waals surface area contributed by atoms with E-state index >= 15 is 0 Å². The summed E-state index contributed by atoms with van der Waals surface area (Å²) in [6, 6.07) is 19.5. The van der Waals surface area contributed by atoms with Gasteiger partial charge in [-0.3, -0.25) is 14.8 Å². The number of nitrogens with zero attached hydrogens (tertiary/aromatic N) is 4. The van der Waals surface area contributed by atoms with Gasteiger partial charge in [0.1, 0.15) is 5.92 Å². The molecular weight excluding hydrogens is 372 g/mol. The zero-order valence-corrected chi connectivity index (χ0v) is 17.5. The number of unbranched alkanes of at least 4 members (excludes halogenated alkanes) is 2. The van der Waals surface area contributed by atoms with Crippen LogP contribution in [-0.4, -0.2) is 22.3 Å². The van der Waals surface area contributed by atoms with Crippen LogP contribution >= 0.6 is 0 Å². The predicted octanol–water partition coefficient (Wildman–Crippen LogP) is 5.93. The molecule has 0 aliphatic carbocycles. The lowest BCUT2D eigenvalue weighted by atomic mass is 9.93. The molecule has 4 rings (SSSR count). The van der Waals surface area contributed by atoms with E-state index < -0.39 is 5.92 Å². The van der Waals surface area contributed by atoms with Crippen molar-refractivity contribution in [3.05, 3.63) is 66.9 Å². The Labute approximate surface area is 177 Å². The number of pyridine rings is 1. The predicted molar refractivity (Wildman–Crippen MR) is 124 cm³/mol. The van der Waals surface area contributed by atoms with Crippen LogP contribution in [0, 0.1) is 5.92 Å². The summed E-state index contributed by atoms with van der Waals surface area (Å²) in [4.78, 5) is 22.9. The van der Waals surface area contributed by atoms with Crippen molar-refractivity contribution < 1.29 is 4.79 Å². The van der Waals surface area contributed by atoms with Crippen molar-refractivity contribution in [1.29, 1.82) is 0 Å². The number of benzene rings is 2. The molecule has 0 fully saturated rings. The molecule has 1 atom stereocenters. The number of carbonyl (C=O) groups excluding carboxylic acids is 1. The highest BCUT2D eigenvalue weighted by Crippen LogP contribution is 2.30. The summed E-state index contributed by atoms with van der Waals surface area (Å²) >= 11 is 0. The fraction of sp³-hybridized carbons (Fsp3) is 0.280. The number of amides is 1.